The van der Waals surface area contributed by atoms with Crippen LogP contribution in [0.25, 0.3) is 0 Å². The van der Waals surface area contributed by atoms with E-state index in [-0.39, 0.29) is 24.0 Å². The summed E-state index contributed by atoms with van der Waals surface area (Å²) in [4.78, 5) is 41.1. The van der Waals surface area contributed by atoms with Crippen LogP contribution in [0.5, 0.6) is 0 Å². The highest BCUT2D eigenvalue weighted by molar-refractivity contribution is 8.01. The van der Waals surface area contributed by atoms with Crippen LogP contribution < -0.4 is 10.2 Å². The highest BCUT2D eigenvalue weighted by Crippen LogP contribution is 2.38. The van der Waals surface area contributed by atoms with E-state index in [1.807, 2.05) is 11.0 Å². The van der Waals surface area contributed by atoms with Gasteiger partial charge in [0.05, 0.1) is 16.6 Å². The summed E-state index contributed by atoms with van der Waals surface area (Å²) in [6, 6.07) is 9.76. The minimum Gasteiger partial charge on any atom is -0.366 e. The maximum atomic E-state index is 14.4. The number of halogens is 2. The zero-order chi connectivity index (χ0) is 22.1. The Kier molecular flexibility index (Phi) is 6.20. The Morgan fingerprint density at radius 3 is 2.58 bits per heavy atom. The van der Waals surface area contributed by atoms with Crippen molar-refractivity contribution in [1.82, 2.24) is 4.90 Å². The predicted octanol–water partition coefficient (Wildman–Crippen LogP) is 3.83. The molecular formula is C22H21ClFN3O3S. The number of rotatable bonds is 4. The summed E-state index contributed by atoms with van der Waals surface area (Å²) in [7, 11) is 0. The van der Waals surface area contributed by atoms with E-state index in [1.165, 1.54) is 24.8 Å². The molecule has 1 N–H and O–H groups in total. The lowest BCUT2D eigenvalue weighted by Crippen LogP contribution is -2.50. The van der Waals surface area contributed by atoms with Gasteiger partial charge in [-0.25, -0.2) is 4.39 Å². The van der Waals surface area contributed by atoms with Crippen LogP contribution in [0.2, 0.25) is 5.02 Å². The molecule has 0 unspecified atom stereocenters. The van der Waals surface area contributed by atoms with Crippen molar-refractivity contribution in [3.63, 3.8) is 0 Å². The second-order valence-electron chi connectivity index (χ2n) is 7.53. The molecule has 0 saturated carbocycles. The topological polar surface area (TPSA) is 69.7 Å². The molecule has 1 fully saturated rings. The van der Waals surface area contributed by atoms with Gasteiger partial charge in [0.15, 0.2) is 5.78 Å². The third-order valence-electron chi connectivity index (χ3n) is 5.45. The van der Waals surface area contributed by atoms with Gasteiger partial charge in [-0.1, -0.05) is 11.6 Å². The van der Waals surface area contributed by atoms with Gasteiger partial charge < -0.3 is 15.1 Å². The number of carbonyl (C=O) groups excluding carboxylic acids is 3. The number of ketones is 1. The number of amides is 2. The van der Waals surface area contributed by atoms with Crippen LogP contribution in [0.4, 0.5) is 15.8 Å². The smallest absolute Gasteiger partial charge is 0.238 e. The fourth-order valence-corrected chi connectivity index (χ4v) is 4.98. The van der Waals surface area contributed by atoms with Crippen molar-refractivity contribution in [2.24, 2.45) is 0 Å². The standard InChI is InChI=1S/C22H21ClFN3O3S/c1-13(28)14-2-4-18(16(24)10-14)26-6-8-27(9-7-26)21(29)12-20-22(30)25-17-11-15(23)3-5-19(17)31-20/h2-5,10-11,20H,6-9,12H2,1H3,(H,25,30)/t20-/m1/s1. The molecule has 2 aliphatic heterocycles. The third kappa shape index (κ3) is 4.70. The van der Waals surface area contributed by atoms with E-state index in [4.69, 9.17) is 11.6 Å². The van der Waals surface area contributed by atoms with Gasteiger partial charge in [0.2, 0.25) is 11.8 Å². The highest BCUT2D eigenvalue weighted by Gasteiger charge is 2.32. The monoisotopic (exact) mass is 461 g/mol. The van der Waals surface area contributed by atoms with Crippen LogP contribution in [0.3, 0.4) is 0 Å². The van der Waals surface area contributed by atoms with Gasteiger partial charge in [0.25, 0.3) is 0 Å². The lowest BCUT2D eigenvalue weighted by Gasteiger charge is -2.37. The molecule has 1 atom stereocenters. The first kappa shape index (κ1) is 21.6. The van der Waals surface area contributed by atoms with E-state index in [1.54, 1.807) is 29.2 Å². The first-order chi connectivity index (χ1) is 14.8. The molecule has 2 aliphatic rings. The lowest BCUT2D eigenvalue weighted by atomic mass is 10.1. The van der Waals surface area contributed by atoms with Crippen molar-refractivity contribution in [3.05, 3.63) is 52.8 Å². The zero-order valence-electron chi connectivity index (χ0n) is 16.9. The summed E-state index contributed by atoms with van der Waals surface area (Å²) < 4.78 is 14.4. The number of hydrogen-bond acceptors (Lipinski definition) is 5. The largest absolute Gasteiger partial charge is 0.366 e. The van der Waals surface area contributed by atoms with Crippen molar-refractivity contribution in [3.8, 4) is 0 Å². The summed E-state index contributed by atoms with van der Waals surface area (Å²) in [5.41, 5.74) is 1.43. The average Bonchev–Trinajstić information content (AvgIpc) is 2.74. The van der Waals surface area contributed by atoms with Gasteiger partial charge >= 0.3 is 0 Å². The minimum atomic E-state index is -0.504. The van der Waals surface area contributed by atoms with Crippen molar-refractivity contribution in [2.75, 3.05) is 36.4 Å². The SMILES string of the molecule is CC(=O)c1ccc(N2CCN(C(=O)C[C@H]3Sc4ccc(Cl)cc4NC3=O)CC2)c(F)c1. The Morgan fingerprint density at radius 2 is 1.90 bits per heavy atom. The first-order valence-electron chi connectivity index (χ1n) is 9.92. The molecule has 162 valence electrons. The van der Waals surface area contributed by atoms with E-state index in [2.05, 4.69) is 5.32 Å². The van der Waals surface area contributed by atoms with Crippen LogP contribution in [-0.2, 0) is 9.59 Å². The fraction of sp³-hybridized carbons (Fsp3) is 0.318. The molecule has 1 saturated heterocycles. The number of fused-ring (bicyclic) bond motifs is 1. The Balaban J connectivity index is 1.35. The highest BCUT2D eigenvalue weighted by atomic mass is 35.5. The predicted molar refractivity (Wildman–Crippen MR) is 120 cm³/mol. The summed E-state index contributed by atoms with van der Waals surface area (Å²) in [6.07, 6.45) is 0.0975. The molecule has 0 aromatic heterocycles. The van der Waals surface area contributed by atoms with Crippen LogP contribution >= 0.6 is 23.4 Å². The number of nitrogens with one attached hydrogen (secondary N) is 1. The molecule has 0 aliphatic carbocycles. The van der Waals surface area contributed by atoms with Crippen molar-refractivity contribution >= 4 is 52.3 Å². The number of hydrogen-bond donors (Lipinski definition) is 1. The summed E-state index contributed by atoms with van der Waals surface area (Å²) in [5.74, 6) is -0.936. The number of piperazine rings is 1. The van der Waals surface area contributed by atoms with Crippen LogP contribution in [0.15, 0.2) is 41.3 Å². The second kappa shape index (κ2) is 8.88. The zero-order valence-corrected chi connectivity index (χ0v) is 18.4. The van der Waals surface area contributed by atoms with E-state index in [0.717, 1.165) is 4.90 Å². The molecular weight excluding hydrogens is 441 g/mol. The number of benzene rings is 2. The molecule has 2 amide bonds. The van der Waals surface area contributed by atoms with Gasteiger partial charge in [0, 0.05) is 48.1 Å². The molecule has 0 bridgehead atoms. The molecule has 9 heteroatoms. The molecule has 2 aromatic carbocycles. The molecule has 2 heterocycles. The number of carbonyl (C=O) groups is 3. The molecule has 4 rings (SSSR count). The van der Waals surface area contributed by atoms with Crippen LogP contribution in [0, 0.1) is 5.82 Å². The molecule has 0 spiro atoms. The van der Waals surface area contributed by atoms with Crippen molar-refractivity contribution in [2.45, 2.75) is 23.5 Å². The number of Topliss-reactive ketones (excluding diaryl/α,β-unsaturated/α-hetero) is 1. The number of anilines is 2. The van der Waals surface area contributed by atoms with Crippen LogP contribution in [-0.4, -0.2) is 53.9 Å². The molecule has 31 heavy (non-hydrogen) atoms. The third-order valence-corrected chi connectivity index (χ3v) is 6.96. The van der Waals surface area contributed by atoms with Gasteiger partial charge in [-0.2, -0.15) is 0 Å². The first-order valence-corrected chi connectivity index (χ1v) is 11.2. The summed E-state index contributed by atoms with van der Waals surface area (Å²) in [5, 5.41) is 2.85. The molecule has 0 radical (unpaired) electrons. The van der Waals surface area contributed by atoms with E-state index in [9.17, 15) is 18.8 Å². The normalized spacial score (nSPS) is 18.4. The number of thioether (sulfide) groups is 1. The Morgan fingerprint density at radius 1 is 1.16 bits per heavy atom. The Labute approximate surface area is 188 Å². The van der Waals surface area contributed by atoms with E-state index < -0.39 is 11.1 Å². The summed E-state index contributed by atoms with van der Waals surface area (Å²) in [6.45, 7) is 3.24. The van der Waals surface area contributed by atoms with Gasteiger partial charge in [-0.15, -0.1) is 11.8 Å². The molecule has 2 aromatic rings. The lowest BCUT2D eigenvalue weighted by molar-refractivity contribution is -0.132. The van der Waals surface area contributed by atoms with E-state index >= 15 is 0 Å². The second-order valence-corrected chi connectivity index (χ2v) is 9.21. The summed E-state index contributed by atoms with van der Waals surface area (Å²) >= 11 is 7.33. The van der Waals surface area contributed by atoms with Crippen molar-refractivity contribution < 1.29 is 18.8 Å². The average molecular weight is 462 g/mol. The van der Waals surface area contributed by atoms with Gasteiger partial charge in [-0.3, -0.25) is 14.4 Å². The van der Waals surface area contributed by atoms with Gasteiger partial charge in [0.1, 0.15) is 5.82 Å². The quantitative estimate of drug-likeness (QED) is 0.701. The van der Waals surface area contributed by atoms with E-state index in [0.29, 0.717) is 48.1 Å². The fourth-order valence-electron chi connectivity index (χ4n) is 3.72. The maximum Gasteiger partial charge on any atom is 0.238 e. The number of nitrogens with zero attached hydrogens (tertiary/aromatic N) is 2. The molecule has 6 nitrogen and oxygen atoms in total. The maximum absolute atomic E-state index is 14.4. The Hall–Kier alpha value is -2.58. The minimum absolute atomic E-state index is 0.0975. The van der Waals surface area contributed by atoms with Crippen LogP contribution in [0.1, 0.15) is 23.7 Å². The van der Waals surface area contributed by atoms with Gasteiger partial charge in [-0.05, 0) is 43.3 Å². The van der Waals surface area contributed by atoms with Crippen molar-refractivity contribution in [1.29, 1.82) is 0 Å². The Bertz CT molecular complexity index is 1060.